The lowest BCUT2D eigenvalue weighted by Gasteiger charge is -2.26. The molecule has 4 aromatic rings. The summed E-state index contributed by atoms with van der Waals surface area (Å²) in [6.07, 6.45) is 5.86. The highest BCUT2D eigenvalue weighted by Gasteiger charge is 2.32. The Morgan fingerprint density at radius 3 is 2.74 bits per heavy atom. The molecule has 2 N–H and O–H groups in total. The van der Waals surface area contributed by atoms with Crippen LogP contribution in [0.2, 0.25) is 5.02 Å². The quantitative estimate of drug-likeness (QED) is 0.313. The van der Waals surface area contributed by atoms with Gasteiger partial charge in [-0.15, -0.1) is 0 Å². The van der Waals surface area contributed by atoms with Gasteiger partial charge in [-0.2, -0.15) is 5.10 Å². The van der Waals surface area contributed by atoms with Crippen molar-refractivity contribution < 1.29 is 23.6 Å². The van der Waals surface area contributed by atoms with Crippen LogP contribution < -0.4 is 10.9 Å². The van der Waals surface area contributed by atoms with E-state index in [1.807, 2.05) is 13.8 Å². The van der Waals surface area contributed by atoms with Gasteiger partial charge in [-0.05, 0) is 43.2 Å². The monoisotopic (exact) mass is 558 g/mol. The Labute approximate surface area is 228 Å². The molecule has 11 nitrogen and oxygen atoms in total. The second-order valence-electron chi connectivity index (χ2n) is 9.77. The first kappa shape index (κ1) is 28.0. The Morgan fingerprint density at radius 1 is 1.33 bits per heavy atom. The van der Waals surface area contributed by atoms with E-state index in [0.717, 1.165) is 4.57 Å². The number of aromatic nitrogens is 5. The van der Waals surface area contributed by atoms with Gasteiger partial charge in [0.1, 0.15) is 23.6 Å². The van der Waals surface area contributed by atoms with E-state index in [1.54, 1.807) is 31.1 Å². The molecule has 13 heteroatoms. The summed E-state index contributed by atoms with van der Waals surface area (Å²) < 4.78 is 27.5. The molecule has 0 spiro atoms. The number of hydrogen-bond acceptors (Lipinski definition) is 8. The highest BCUT2D eigenvalue weighted by molar-refractivity contribution is 6.31. The fraction of sp³-hybridized carbons (Fsp3) is 0.346. The second-order valence-corrected chi connectivity index (χ2v) is 10.2. The van der Waals surface area contributed by atoms with Crippen molar-refractivity contribution in [3.63, 3.8) is 0 Å². The van der Waals surface area contributed by atoms with Gasteiger partial charge in [0.2, 0.25) is 5.75 Å². The Kier molecular flexibility index (Phi) is 7.89. The van der Waals surface area contributed by atoms with E-state index >= 15 is 0 Å². The van der Waals surface area contributed by atoms with Crippen molar-refractivity contribution >= 4 is 23.2 Å². The zero-order valence-corrected chi connectivity index (χ0v) is 22.7. The average molecular weight is 559 g/mol. The highest BCUT2D eigenvalue weighted by Crippen LogP contribution is 2.41. The van der Waals surface area contributed by atoms with E-state index in [1.165, 1.54) is 37.7 Å². The number of rotatable bonds is 9. The van der Waals surface area contributed by atoms with Crippen LogP contribution in [0.4, 0.5) is 10.1 Å². The van der Waals surface area contributed by atoms with Crippen LogP contribution in [0.5, 0.6) is 5.75 Å². The lowest BCUT2D eigenvalue weighted by Crippen LogP contribution is -2.29. The Morgan fingerprint density at radius 2 is 2.08 bits per heavy atom. The lowest BCUT2D eigenvalue weighted by atomic mass is 9.82. The van der Waals surface area contributed by atoms with Crippen LogP contribution in [0, 0.1) is 5.82 Å². The first-order valence-corrected chi connectivity index (χ1v) is 12.3. The zero-order chi connectivity index (χ0) is 28.5. The molecule has 0 saturated heterocycles. The zero-order valence-electron chi connectivity index (χ0n) is 22.0. The standard InChI is InChI=1S/C26H28ClFN6O5/c1-14(23-32-21(22(35)25(37)33(23)4)24(36)31-17-10-30-39-12-17)20(18-8-16(28)6-7-19(18)27)15-9-29-34(11-15)13-26(2,3)38-5/h6-12,14,20,35H,13H2,1-5H3,(H,31,36)/t14-,20-/m0/s1. The summed E-state index contributed by atoms with van der Waals surface area (Å²) >= 11 is 6.54. The molecule has 0 aliphatic carbocycles. The molecule has 0 bridgehead atoms. The summed E-state index contributed by atoms with van der Waals surface area (Å²) in [5.74, 6) is -3.28. The predicted octanol–water partition coefficient (Wildman–Crippen LogP) is 4.08. The van der Waals surface area contributed by atoms with E-state index in [9.17, 15) is 19.1 Å². The first-order valence-electron chi connectivity index (χ1n) is 11.9. The summed E-state index contributed by atoms with van der Waals surface area (Å²) in [7, 11) is 3.03. The maximum Gasteiger partial charge on any atom is 0.296 e. The number of benzene rings is 1. The second kappa shape index (κ2) is 11.0. The number of carbonyl (C=O) groups excluding carboxylic acids is 1. The van der Waals surface area contributed by atoms with Crippen molar-refractivity contribution in [2.45, 2.75) is 44.8 Å². The number of anilines is 1. The van der Waals surface area contributed by atoms with Crippen LogP contribution in [-0.2, 0) is 18.3 Å². The van der Waals surface area contributed by atoms with E-state index in [4.69, 9.17) is 20.9 Å². The molecule has 39 heavy (non-hydrogen) atoms. The number of carbonyl (C=O) groups is 1. The number of ether oxygens (including phenoxy) is 1. The van der Waals surface area contributed by atoms with Crippen molar-refractivity contribution in [1.29, 1.82) is 0 Å². The fourth-order valence-corrected chi connectivity index (χ4v) is 4.59. The molecular formula is C26H28ClFN6O5. The largest absolute Gasteiger partial charge is 0.501 e. The van der Waals surface area contributed by atoms with Gasteiger partial charge in [0.15, 0.2) is 5.69 Å². The number of hydrogen-bond donors (Lipinski definition) is 2. The van der Waals surface area contributed by atoms with Crippen molar-refractivity contribution in [2.75, 3.05) is 12.4 Å². The summed E-state index contributed by atoms with van der Waals surface area (Å²) in [4.78, 5) is 30.3. The van der Waals surface area contributed by atoms with Crippen LogP contribution in [0.1, 0.15) is 60.0 Å². The predicted molar refractivity (Wildman–Crippen MR) is 141 cm³/mol. The number of nitrogens with one attached hydrogen (secondary N) is 1. The molecule has 4 rings (SSSR count). The van der Waals surface area contributed by atoms with Crippen LogP contribution in [0.25, 0.3) is 0 Å². The molecule has 0 radical (unpaired) electrons. The molecule has 0 saturated carbocycles. The molecule has 3 aromatic heterocycles. The van der Waals surface area contributed by atoms with Crippen molar-refractivity contribution in [2.24, 2.45) is 7.05 Å². The van der Waals surface area contributed by atoms with Gasteiger partial charge < -0.3 is 19.7 Å². The Bertz CT molecular complexity index is 1550. The number of halogens is 2. The van der Waals surface area contributed by atoms with Crippen molar-refractivity contribution in [3.8, 4) is 5.75 Å². The fourth-order valence-electron chi connectivity index (χ4n) is 4.35. The third kappa shape index (κ3) is 5.86. The smallest absolute Gasteiger partial charge is 0.296 e. The highest BCUT2D eigenvalue weighted by atomic mass is 35.5. The van der Waals surface area contributed by atoms with Gasteiger partial charge in [0.25, 0.3) is 11.5 Å². The maximum absolute atomic E-state index is 14.4. The minimum absolute atomic E-state index is 0.156. The van der Waals surface area contributed by atoms with Gasteiger partial charge in [-0.25, -0.2) is 9.37 Å². The molecule has 0 fully saturated rings. The van der Waals surface area contributed by atoms with Gasteiger partial charge in [0.05, 0.1) is 24.5 Å². The molecule has 206 valence electrons. The van der Waals surface area contributed by atoms with Crippen LogP contribution in [0.3, 0.4) is 0 Å². The Balaban J connectivity index is 1.83. The molecule has 0 unspecified atom stereocenters. The maximum atomic E-state index is 14.4. The van der Waals surface area contributed by atoms with Crippen molar-refractivity contribution in [1.82, 2.24) is 24.5 Å². The van der Waals surface area contributed by atoms with E-state index in [2.05, 4.69) is 20.6 Å². The molecule has 1 aromatic carbocycles. The van der Waals surface area contributed by atoms with Crippen molar-refractivity contribution in [3.05, 3.63) is 86.9 Å². The molecule has 0 aliphatic rings. The van der Waals surface area contributed by atoms with Crippen LogP contribution in [-0.4, -0.2) is 48.2 Å². The molecule has 3 heterocycles. The van der Waals surface area contributed by atoms with E-state index in [0.29, 0.717) is 22.7 Å². The summed E-state index contributed by atoms with van der Waals surface area (Å²) in [5.41, 5.74) is -0.498. The normalized spacial score (nSPS) is 13.3. The van der Waals surface area contributed by atoms with Gasteiger partial charge >= 0.3 is 0 Å². The Hall–Kier alpha value is -4.03. The van der Waals surface area contributed by atoms with Crippen LogP contribution >= 0.6 is 11.6 Å². The summed E-state index contributed by atoms with van der Waals surface area (Å²) in [5, 5.41) is 21.2. The molecule has 2 atom stereocenters. The average Bonchev–Trinajstić information content (AvgIpc) is 3.57. The summed E-state index contributed by atoms with van der Waals surface area (Å²) in [6, 6.07) is 4.02. The summed E-state index contributed by atoms with van der Waals surface area (Å²) in [6.45, 7) is 6.04. The molecular weight excluding hydrogens is 531 g/mol. The topological polar surface area (TPSA) is 137 Å². The van der Waals surface area contributed by atoms with Gasteiger partial charge in [0, 0.05) is 37.2 Å². The number of aromatic hydroxyl groups is 1. The number of nitrogens with zero attached hydrogens (tertiary/aromatic N) is 5. The van der Waals surface area contributed by atoms with E-state index < -0.39 is 46.2 Å². The van der Waals surface area contributed by atoms with Gasteiger partial charge in [-0.3, -0.25) is 18.8 Å². The SMILES string of the molecule is COC(C)(C)Cn1cc([C@@H](c2cc(F)ccc2Cl)[C@H](C)c2nc(C(=O)Nc3cnoc3)c(O)c(=O)n2C)cn1. The molecule has 1 amide bonds. The lowest BCUT2D eigenvalue weighted by molar-refractivity contribution is 0.00539. The minimum atomic E-state index is -0.836. The first-order chi connectivity index (χ1) is 18.4. The van der Waals surface area contributed by atoms with Crippen LogP contribution in [0.15, 0.2) is 52.4 Å². The third-order valence-electron chi connectivity index (χ3n) is 6.51. The van der Waals surface area contributed by atoms with Gasteiger partial charge in [-0.1, -0.05) is 23.7 Å². The number of amides is 1. The number of methoxy groups -OCH3 is 1. The molecule has 0 aliphatic heterocycles. The van der Waals surface area contributed by atoms with E-state index in [-0.39, 0.29) is 11.5 Å². The third-order valence-corrected chi connectivity index (χ3v) is 6.86. The minimum Gasteiger partial charge on any atom is -0.501 e.